The molecule has 0 aromatic carbocycles. The zero-order chi connectivity index (χ0) is 17.8. The number of nitrogens with zero attached hydrogens (tertiary/aromatic N) is 3. The first kappa shape index (κ1) is 18.3. The fraction of sp³-hybridized carbons (Fsp3) is 0.706. The lowest BCUT2D eigenvalue weighted by Crippen LogP contribution is -2.51. The van der Waals surface area contributed by atoms with Crippen molar-refractivity contribution in [3.8, 4) is 0 Å². The lowest BCUT2D eigenvalue weighted by atomic mass is 10.1. The second-order valence-corrected chi connectivity index (χ2v) is 7.92. The molecular formula is C17H25N3O4S. The molecule has 0 N–H and O–H groups in total. The molecule has 0 spiro atoms. The van der Waals surface area contributed by atoms with Gasteiger partial charge in [0, 0.05) is 49.5 Å². The van der Waals surface area contributed by atoms with Crippen LogP contribution in [0.1, 0.15) is 42.4 Å². The lowest BCUT2D eigenvalue weighted by Gasteiger charge is -2.36. The number of aromatic nitrogens is 1. The molecule has 8 heteroatoms. The molecule has 0 radical (unpaired) electrons. The molecule has 1 aromatic heterocycles. The molecule has 2 saturated heterocycles. The minimum atomic E-state index is -0.248. The first-order valence-corrected chi connectivity index (χ1v) is 9.92. The van der Waals surface area contributed by atoms with Crippen LogP contribution in [0.2, 0.25) is 0 Å². The number of hydrogen-bond donors (Lipinski definition) is 0. The van der Waals surface area contributed by atoms with E-state index in [1.165, 1.54) is 0 Å². The highest BCUT2D eigenvalue weighted by Gasteiger charge is 2.33. The van der Waals surface area contributed by atoms with Crippen LogP contribution in [-0.2, 0) is 9.53 Å². The van der Waals surface area contributed by atoms with Crippen molar-refractivity contribution >= 4 is 23.6 Å². The summed E-state index contributed by atoms with van der Waals surface area (Å²) >= 11 is 1.87. The lowest BCUT2D eigenvalue weighted by molar-refractivity contribution is -0.133. The molecule has 7 nitrogen and oxygen atoms in total. The van der Waals surface area contributed by atoms with Gasteiger partial charge in [0.2, 0.25) is 5.91 Å². The van der Waals surface area contributed by atoms with Gasteiger partial charge in [-0.05, 0) is 0 Å². The summed E-state index contributed by atoms with van der Waals surface area (Å²) in [6, 6.07) is 1.45. The zero-order valence-electron chi connectivity index (χ0n) is 14.8. The Bertz CT molecular complexity index is 613. The molecule has 2 amide bonds. The third-order valence-electron chi connectivity index (χ3n) is 4.58. The first-order chi connectivity index (χ1) is 12.1. The first-order valence-electron chi connectivity index (χ1n) is 8.77. The minimum Gasteiger partial charge on any atom is -0.377 e. The van der Waals surface area contributed by atoms with Gasteiger partial charge >= 0.3 is 0 Å². The van der Waals surface area contributed by atoms with Crippen LogP contribution in [0, 0.1) is 0 Å². The summed E-state index contributed by atoms with van der Waals surface area (Å²) in [6.07, 6.45) is 0.297. The summed E-state index contributed by atoms with van der Waals surface area (Å²) in [5.74, 6) is 2.73. The van der Waals surface area contributed by atoms with Crippen molar-refractivity contribution in [1.29, 1.82) is 0 Å². The third-order valence-corrected chi connectivity index (χ3v) is 5.52. The Kier molecular flexibility index (Phi) is 6.01. The van der Waals surface area contributed by atoms with Gasteiger partial charge in [0.05, 0.1) is 19.3 Å². The highest BCUT2D eigenvalue weighted by Crippen LogP contribution is 2.20. The number of hydrogen-bond acceptors (Lipinski definition) is 6. The molecule has 2 fully saturated rings. The summed E-state index contributed by atoms with van der Waals surface area (Å²) in [7, 11) is 0. The van der Waals surface area contributed by atoms with E-state index in [4.69, 9.17) is 9.26 Å². The maximum absolute atomic E-state index is 12.8. The average Bonchev–Trinajstić information content (AvgIpc) is 3.13. The second-order valence-electron chi connectivity index (χ2n) is 6.69. The molecule has 0 aliphatic carbocycles. The van der Waals surface area contributed by atoms with Crippen LogP contribution in [0.25, 0.3) is 0 Å². The largest absolute Gasteiger partial charge is 0.377 e. The van der Waals surface area contributed by atoms with Crippen molar-refractivity contribution < 1.29 is 18.8 Å². The van der Waals surface area contributed by atoms with Gasteiger partial charge in [-0.15, -0.1) is 0 Å². The third kappa shape index (κ3) is 4.36. The van der Waals surface area contributed by atoms with E-state index in [-0.39, 0.29) is 23.8 Å². The molecule has 25 heavy (non-hydrogen) atoms. The Morgan fingerprint density at radius 3 is 2.76 bits per heavy atom. The van der Waals surface area contributed by atoms with Crippen molar-refractivity contribution in [1.82, 2.24) is 15.0 Å². The molecule has 2 aliphatic heterocycles. The number of morpholine rings is 1. The number of amides is 2. The predicted molar refractivity (Wildman–Crippen MR) is 94.8 cm³/mol. The Morgan fingerprint density at radius 2 is 2.08 bits per heavy atom. The van der Waals surface area contributed by atoms with Gasteiger partial charge in [-0.2, -0.15) is 11.8 Å². The van der Waals surface area contributed by atoms with Crippen LogP contribution in [0.4, 0.5) is 0 Å². The van der Waals surface area contributed by atoms with E-state index >= 15 is 0 Å². The molecule has 3 heterocycles. The smallest absolute Gasteiger partial charge is 0.276 e. The van der Waals surface area contributed by atoms with Gasteiger partial charge in [0.15, 0.2) is 5.69 Å². The van der Waals surface area contributed by atoms with Crippen molar-refractivity contribution in [2.24, 2.45) is 0 Å². The molecule has 1 atom stereocenters. The van der Waals surface area contributed by atoms with Gasteiger partial charge in [-0.1, -0.05) is 19.0 Å². The number of ether oxygens (including phenoxy) is 1. The fourth-order valence-corrected chi connectivity index (χ4v) is 3.95. The van der Waals surface area contributed by atoms with Crippen LogP contribution < -0.4 is 0 Å². The number of thioether (sulfide) groups is 1. The maximum Gasteiger partial charge on any atom is 0.276 e. The van der Waals surface area contributed by atoms with E-state index in [1.54, 1.807) is 11.0 Å². The van der Waals surface area contributed by atoms with E-state index in [1.807, 2.05) is 30.5 Å². The van der Waals surface area contributed by atoms with Crippen molar-refractivity contribution in [2.45, 2.75) is 32.2 Å². The highest BCUT2D eigenvalue weighted by molar-refractivity contribution is 7.99. The molecule has 0 bridgehead atoms. The van der Waals surface area contributed by atoms with E-state index in [2.05, 4.69) is 5.16 Å². The summed E-state index contributed by atoms with van der Waals surface area (Å²) in [6.45, 7) is 6.87. The molecule has 138 valence electrons. The SMILES string of the molecule is CC(C)c1cc(C(=O)N2CCOCC2CC(=O)N2CCSCC2)no1. The number of carbonyl (C=O) groups is 2. The number of carbonyl (C=O) groups excluding carboxylic acids is 2. The normalized spacial score (nSPS) is 21.6. The molecule has 2 aliphatic rings. The Labute approximate surface area is 152 Å². The fourth-order valence-electron chi connectivity index (χ4n) is 3.04. The highest BCUT2D eigenvalue weighted by atomic mass is 32.2. The zero-order valence-corrected chi connectivity index (χ0v) is 15.6. The van der Waals surface area contributed by atoms with E-state index in [0.717, 1.165) is 24.6 Å². The minimum absolute atomic E-state index is 0.0941. The van der Waals surface area contributed by atoms with Gasteiger partial charge in [0.25, 0.3) is 5.91 Å². The second kappa shape index (κ2) is 8.23. The average molecular weight is 367 g/mol. The maximum atomic E-state index is 12.8. The van der Waals surface area contributed by atoms with Crippen LogP contribution in [-0.4, -0.2) is 77.2 Å². The van der Waals surface area contributed by atoms with Gasteiger partial charge in [-0.25, -0.2) is 0 Å². The quantitative estimate of drug-likeness (QED) is 0.805. The van der Waals surface area contributed by atoms with Crippen LogP contribution >= 0.6 is 11.8 Å². The summed E-state index contributed by atoms with van der Waals surface area (Å²) in [5, 5.41) is 3.91. The van der Waals surface area contributed by atoms with E-state index < -0.39 is 0 Å². The van der Waals surface area contributed by atoms with Crippen LogP contribution in [0.15, 0.2) is 10.6 Å². The van der Waals surface area contributed by atoms with Gasteiger partial charge < -0.3 is 19.1 Å². The van der Waals surface area contributed by atoms with E-state index in [9.17, 15) is 9.59 Å². The van der Waals surface area contributed by atoms with Crippen molar-refractivity contribution in [2.75, 3.05) is 44.4 Å². The molecule has 1 aromatic rings. The Hall–Kier alpha value is -1.54. The molecule has 3 rings (SSSR count). The Balaban J connectivity index is 1.67. The molecule has 1 unspecified atom stereocenters. The van der Waals surface area contributed by atoms with Crippen molar-refractivity contribution in [3.05, 3.63) is 17.5 Å². The standard InChI is InChI=1S/C17H25N3O4S/c1-12(2)15-10-14(18-24-15)17(22)20-3-6-23-11-13(20)9-16(21)19-4-7-25-8-5-19/h10,12-13H,3-9,11H2,1-2H3. The topological polar surface area (TPSA) is 75.9 Å². The predicted octanol–water partition coefficient (Wildman–Crippen LogP) is 1.60. The summed E-state index contributed by atoms with van der Waals surface area (Å²) < 4.78 is 10.8. The van der Waals surface area contributed by atoms with Crippen molar-refractivity contribution in [3.63, 3.8) is 0 Å². The molecule has 0 saturated carbocycles. The summed E-state index contributed by atoms with van der Waals surface area (Å²) in [5.41, 5.74) is 0.303. The van der Waals surface area contributed by atoms with Gasteiger partial charge in [0.1, 0.15) is 5.76 Å². The molecular weight excluding hydrogens is 342 g/mol. The van der Waals surface area contributed by atoms with E-state index in [0.29, 0.717) is 37.6 Å². The monoisotopic (exact) mass is 367 g/mol. The van der Waals surface area contributed by atoms with Crippen LogP contribution in [0.5, 0.6) is 0 Å². The van der Waals surface area contributed by atoms with Gasteiger partial charge in [-0.3, -0.25) is 9.59 Å². The Morgan fingerprint density at radius 1 is 1.32 bits per heavy atom. The summed E-state index contributed by atoms with van der Waals surface area (Å²) in [4.78, 5) is 29.0. The van der Waals surface area contributed by atoms with Crippen LogP contribution in [0.3, 0.4) is 0 Å². The number of rotatable bonds is 4.